The Balaban J connectivity index is 1.99. The molecule has 2 heteroatoms. The van der Waals surface area contributed by atoms with E-state index >= 15 is 0 Å². The van der Waals surface area contributed by atoms with Gasteiger partial charge < -0.3 is 9.90 Å². The summed E-state index contributed by atoms with van der Waals surface area (Å²) < 4.78 is 0. The molecule has 2 fully saturated rings. The van der Waals surface area contributed by atoms with Gasteiger partial charge in [0.2, 0.25) is 0 Å². The molecule has 0 aromatic carbocycles. The van der Waals surface area contributed by atoms with Crippen molar-refractivity contribution < 1.29 is 9.90 Å². The zero-order valence-corrected chi connectivity index (χ0v) is 14.3. The molecule has 2 saturated carbocycles. The molecule has 0 aliphatic heterocycles. The fraction of sp³-hybridized carbons (Fsp3) is 0.750. The van der Waals surface area contributed by atoms with Crippen LogP contribution in [0.25, 0.3) is 0 Å². The van der Waals surface area contributed by atoms with Gasteiger partial charge in [0.25, 0.3) is 0 Å². The van der Waals surface area contributed by atoms with E-state index in [0.29, 0.717) is 5.92 Å². The molecule has 0 unspecified atom stereocenters. The lowest BCUT2D eigenvalue weighted by molar-refractivity contribution is -0.326. The summed E-state index contributed by atoms with van der Waals surface area (Å²) in [5.74, 6) is -0.0187. The van der Waals surface area contributed by atoms with Gasteiger partial charge in [0, 0.05) is 16.8 Å². The third-order valence-corrected chi connectivity index (χ3v) is 7.36. The molecule has 22 heavy (non-hydrogen) atoms. The highest BCUT2D eigenvalue weighted by molar-refractivity contribution is 5.73. The number of carbonyl (C=O) groups is 1. The number of rotatable bonds is 2. The highest BCUT2D eigenvalue weighted by Crippen LogP contribution is 2.63. The van der Waals surface area contributed by atoms with Crippen molar-refractivity contribution in [3.63, 3.8) is 0 Å². The van der Waals surface area contributed by atoms with Crippen LogP contribution in [0, 0.1) is 28.1 Å². The summed E-state index contributed by atoms with van der Waals surface area (Å²) in [4.78, 5) is 11.8. The van der Waals surface area contributed by atoms with Gasteiger partial charge in [-0.3, -0.25) is 0 Å². The zero-order valence-electron chi connectivity index (χ0n) is 14.3. The molecule has 0 radical (unpaired) electrons. The Bertz CT molecular complexity index is 534. The Hall–Kier alpha value is -1.05. The Morgan fingerprint density at radius 3 is 2.64 bits per heavy atom. The first kappa shape index (κ1) is 15.8. The number of allylic oxidation sites excluding steroid dienone is 3. The minimum absolute atomic E-state index is 0.125. The van der Waals surface area contributed by atoms with Crippen molar-refractivity contribution >= 4 is 5.97 Å². The minimum atomic E-state index is -0.831. The van der Waals surface area contributed by atoms with Crippen LogP contribution in [-0.4, -0.2) is 5.97 Å². The van der Waals surface area contributed by atoms with Crippen LogP contribution in [0.5, 0.6) is 0 Å². The predicted molar refractivity (Wildman–Crippen MR) is 86.9 cm³/mol. The van der Waals surface area contributed by atoms with Crippen LogP contribution in [0.4, 0.5) is 0 Å². The smallest absolute Gasteiger partial charge is 0.0476 e. The lowest BCUT2D eigenvalue weighted by Gasteiger charge is -2.60. The quantitative estimate of drug-likeness (QED) is 0.726. The molecule has 3 aliphatic rings. The van der Waals surface area contributed by atoms with Crippen LogP contribution in [0.15, 0.2) is 24.3 Å². The second-order valence-corrected chi connectivity index (χ2v) is 8.68. The number of carboxylic acid groups (broad SMARTS) is 1. The highest BCUT2D eigenvalue weighted by atomic mass is 16.4. The van der Waals surface area contributed by atoms with Crippen molar-refractivity contribution in [3.8, 4) is 0 Å². The Morgan fingerprint density at radius 2 is 2.00 bits per heavy atom. The van der Waals surface area contributed by atoms with Crippen LogP contribution >= 0.6 is 0 Å². The summed E-state index contributed by atoms with van der Waals surface area (Å²) in [6.07, 6.45) is 11.8. The molecule has 0 spiro atoms. The number of hydrogen-bond donors (Lipinski definition) is 0. The Labute approximate surface area is 134 Å². The molecule has 0 heterocycles. The van der Waals surface area contributed by atoms with Gasteiger partial charge in [-0.15, -0.1) is 6.58 Å². The van der Waals surface area contributed by atoms with Crippen LogP contribution < -0.4 is 5.11 Å². The summed E-state index contributed by atoms with van der Waals surface area (Å²) in [7, 11) is 0. The van der Waals surface area contributed by atoms with E-state index in [4.69, 9.17) is 0 Å². The van der Waals surface area contributed by atoms with E-state index in [1.54, 1.807) is 5.57 Å². The molecule has 5 atom stereocenters. The lowest BCUT2D eigenvalue weighted by Crippen LogP contribution is -2.57. The van der Waals surface area contributed by atoms with Crippen molar-refractivity contribution in [3.05, 3.63) is 24.3 Å². The van der Waals surface area contributed by atoms with E-state index in [0.717, 1.165) is 38.5 Å². The monoisotopic (exact) mass is 301 g/mol. The Kier molecular flexibility index (Phi) is 3.58. The van der Waals surface area contributed by atoms with Gasteiger partial charge in [0.15, 0.2) is 0 Å². The summed E-state index contributed by atoms with van der Waals surface area (Å²) >= 11 is 0. The van der Waals surface area contributed by atoms with E-state index in [1.807, 2.05) is 6.92 Å². The normalized spacial score (nSPS) is 47.9. The third-order valence-electron chi connectivity index (χ3n) is 7.36. The van der Waals surface area contributed by atoms with Gasteiger partial charge >= 0.3 is 0 Å². The van der Waals surface area contributed by atoms with E-state index in [-0.39, 0.29) is 16.7 Å². The number of carboxylic acids is 1. The molecular weight excluding hydrogens is 272 g/mol. The molecule has 0 N–H and O–H groups in total. The van der Waals surface area contributed by atoms with Crippen LogP contribution in [-0.2, 0) is 4.79 Å². The van der Waals surface area contributed by atoms with Crippen molar-refractivity contribution in [2.24, 2.45) is 28.1 Å². The van der Waals surface area contributed by atoms with Gasteiger partial charge in [0.05, 0.1) is 0 Å². The number of fused-ring (bicyclic) bond motifs is 3. The van der Waals surface area contributed by atoms with Crippen LogP contribution in [0.2, 0.25) is 0 Å². The second kappa shape index (κ2) is 4.97. The number of hydrogen-bond acceptors (Lipinski definition) is 2. The molecule has 122 valence electrons. The van der Waals surface area contributed by atoms with Crippen LogP contribution in [0.1, 0.15) is 65.7 Å². The zero-order chi connectivity index (χ0) is 16.2. The van der Waals surface area contributed by atoms with Crippen LogP contribution in [0.3, 0.4) is 0 Å². The summed E-state index contributed by atoms with van der Waals surface area (Å²) in [6.45, 7) is 10.6. The van der Waals surface area contributed by atoms with Gasteiger partial charge in [-0.1, -0.05) is 44.9 Å². The van der Waals surface area contributed by atoms with Crippen molar-refractivity contribution in [1.82, 2.24) is 0 Å². The molecule has 0 aromatic rings. The SMILES string of the molecule is C=C[C@]1(C)C=C2CC[C@@H]3[C@](C)(CCC[C@@]3(C)C(=O)[O-])[C@H]2CC1. The maximum absolute atomic E-state index is 11.8. The van der Waals surface area contributed by atoms with E-state index in [9.17, 15) is 9.90 Å². The minimum Gasteiger partial charge on any atom is -0.550 e. The maximum atomic E-state index is 11.8. The maximum Gasteiger partial charge on any atom is 0.0476 e. The Morgan fingerprint density at radius 1 is 1.27 bits per heavy atom. The summed E-state index contributed by atoms with van der Waals surface area (Å²) in [5, 5.41) is 11.8. The first-order valence-electron chi connectivity index (χ1n) is 8.82. The van der Waals surface area contributed by atoms with E-state index < -0.39 is 11.4 Å². The second-order valence-electron chi connectivity index (χ2n) is 8.68. The average Bonchev–Trinajstić information content (AvgIpc) is 2.46. The number of carbonyl (C=O) groups excluding carboxylic acids is 1. The first-order chi connectivity index (χ1) is 10.3. The fourth-order valence-electron chi connectivity index (χ4n) is 5.93. The molecule has 0 bridgehead atoms. The van der Waals surface area contributed by atoms with E-state index in [1.165, 1.54) is 6.42 Å². The average molecular weight is 301 g/mol. The molecular formula is C20H29O2-. The molecule has 0 aromatic heterocycles. The molecule has 2 nitrogen and oxygen atoms in total. The molecule has 3 rings (SSSR count). The van der Waals surface area contributed by atoms with Crippen molar-refractivity contribution in [1.29, 1.82) is 0 Å². The van der Waals surface area contributed by atoms with Crippen molar-refractivity contribution in [2.45, 2.75) is 65.7 Å². The van der Waals surface area contributed by atoms with Gasteiger partial charge in [-0.2, -0.15) is 0 Å². The number of aliphatic carboxylic acids is 1. The largest absolute Gasteiger partial charge is 0.550 e. The lowest BCUT2D eigenvalue weighted by atomic mass is 9.45. The van der Waals surface area contributed by atoms with Crippen molar-refractivity contribution in [2.75, 3.05) is 0 Å². The van der Waals surface area contributed by atoms with Gasteiger partial charge in [0.1, 0.15) is 0 Å². The standard InChI is InChI=1S/C20H30O2/c1-5-18(2)12-9-15-14(13-18)7-8-16-19(15,3)10-6-11-20(16,4)17(21)22/h5,13,15-16H,1,6-12H2,2-4H3,(H,21,22)/p-1/t15-,16+,18-,19+,20+/m0/s1. The fourth-order valence-corrected chi connectivity index (χ4v) is 5.93. The third kappa shape index (κ3) is 2.10. The van der Waals surface area contributed by atoms with E-state index in [2.05, 4.69) is 32.6 Å². The topological polar surface area (TPSA) is 40.1 Å². The van der Waals surface area contributed by atoms with Gasteiger partial charge in [-0.25, -0.2) is 0 Å². The first-order valence-corrected chi connectivity index (χ1v) is 8.82. The highest BCUT2D eigenvalue weighted by Gasteiger charge is 2.56. The predicted octanol–water partition coefficient (Wildman–Crippen LogP) is 3.87. The molecule has 0 amide bonds. The molecule has 3 aliphatic carbocycles. The summed E-state index contributed by atoms with van der Waals surface area (Å²) in [6, 6.07) is 0. The molecule has 0 saturated heterocycles. The van der Waals surface area contributed by atoms with Gasteiger partial charge in [-0.05, 0) is 55.8 Å². The summed E-state index contributed by atoms with van der Waals surface area (Å²) in [5.41, 5.74) is 1.17.